The molecule has 1 unspecified atom stereocenters. The minimum atomic E-state index is -0.494. The summed E-state index contributed by atoms with van der Waals surface area (Å²) in [6.07, 6.45) is 0.296. The van der Waals surface area contributed by atoms with Crippen LogP contribution in [0.1, 0.15) is 19.4 Å². The van der Waals surface area contributed by atoms with E-state index in [9.17, 15) is 9.59 Å². The Labute approximate surface area is 101 Å². The van der Waals surface area contributed by atoms with Gasteiger partial charge in [0.25, 0.3) is 0 Å². The van der Waals surface area contributed by atoms with Crippen LogP contribution >= 0.6 is 0 Å². The van der Waals surface area contributed by atoms with Crippen molar-refractivity contribution in [2.45, 2.75) is 26.3 Å². The second-order valence-corrected chi connectivity index (χ2v) is 3.85. The number of hydrogen-bond acceptors (Lipinski definition) is 2. The molecule has 0 saturated heterocycles. The van der Waals surface area contributed by atoms with E-state index in [1.807, 2.05) is 37.3 Å². The van der Waals surface area contributed by atoms with Crippen LogP contribution < -0.4 is 10.6 Å². The maximum Gasteiger partial charge on any atom is 0.242 e. The van der Waals surface area contributed by atoms with Gasteiger partial charge < -0.3 is 10.6 Å². The van der Waals surface area contributed by atoms with E-state index in [0.29, 0.717) is 13.0 Å². The van der Waals surface area contributed by atoms with E-state index in [2.05, 4.69) is 10.6 Å². The molecule has 4 nitrogen and oxygen atoms in total. The molecule has 2 amide bonds. The lowest BCUT2D eigenvalue weighted by Crippen LogP contribution is -2.45. The van der Waals surface area contributed by atoms with E-state index in [-0.39, 0.29) is 11.8 Å². The fourth-order valence-electron chi connectivity index (χ4n) is 1.47. The van der Waals surface area contributed by atoms with Gasteiger partial charge in [0.1, 0.15) is 6.04 Å². The van der Waals surface area contributed by atoms with Crippen LogP contribution in [-0.4, -0.2) is 24.4 Å². The molecule has 0 spiro atoms. The highest BCUT2D eigenvalue weighted by Gasteiger charge is 2.14. The summed E-state index contributed by atoms with van der Waals surface area (Å²) in [6, 6.07) is 8.95. The van der Waals surface area contributed by atoms with Gasteiger partial charge in [-0.05, 0) is 19.4 Å². The predicted molar refractivity (Wildman–Crippen MR) is 66.4 cm³/mol. The van der Waals surface area contributed by atoms with Gasteiger partial charge in [0.15, 0.2) is 0 Å². The van der Waals surface area contributed by atoms with Crippen molar-refractivity contribution < 1.29 is 9.59 Å². The van der Waals surface area contributed by atoms with E-state index in [4.69, 9.17) is 0 Å². The summed E-state index contributed by atoms with van der Waals surface area (Å²) < 4.78 is 0. The Morgan fingerprint density at radius 3 is 2.47 bits per heavy atom. The Morgan fingerprint density at radius 2 is 1.88 bits per heavy atom. The monoisotopic (exact) mass is 234 g/mol. The first-order chi connectivity index (χ1) is 8.13. The Morgan fingerprint density at radius 1 is 1.24 bits per heavy atom. The van der Waals surface area contributed by atoms with Crippen molar-refractivity contribution in [3.63, 3.8) is 0 Å². The first-order valence-corrected chi connectivity index (χ1v) is 5.74. The highest BCUT2D eigenvalue weighted by Crippen LogP contribution is 1.99. The molecule has 92 valence electrons. The molecule has 1 aromatic rings. The van der Waals surface area contributed by atoms with Crippen LogP contribution in [0.5, 0.6) is 0 Å². The molecule has 0 aliphatic carbocycles. The topological polar surface area (TPSA) is 58.2 Å². The molecule has 0 bridgehead atoms. The van der Waals surface area contributed by atoms with Crippen LogP contribution in [0.15, 0.2) is 30.3 Å². The third kappa shape index (κ3) is 4.68. The summed E-state index contributed by atoms with van der Waals surface area (Å²) in [4.78, 5) is 23.0. The third-order valence-corrected chi connectivity index (χ3v) is 2.33. The summed E-state index contributed by atoms with van der Waals surface area (Å²) in [6.45, 7) is 4.09. The summed E-state index contributed by atoms with van der Waals surface area (Å²) in [5.74, 6) is -0.302. The van der Waals surface area contributed by atoms with Crippen LogP contribution in [0, 0.1) is 0 Å². The number of carbonyl (C=O) groups excluding carboxylic acids is 2. The molecule has 0 aliphatic heterocycles. The molecule has 1 atom stereocenters. The van der Waals surface area contributed by atoms with E-state index in [1.165, 1.54) is 0 Å². The minimum absolute atomic E-state index is 0.144. The van der Waals surface area contributed by atoms with Crippen molar-refractivity contribution in [3.05, 3.63) is 35.9 Å². The number of hydrogen-bond donors (Lipinski definition) is 2. The summed E-state index contributed by atoms with van der Waals surface area (Å²) in [7, 11) is 0. The Hall–Kier alpha value is -1.84. The fourth-order valence-corrected chi connectivity index (χ4v) is 1.47. The standard InChI is InChI=1S/C13H18N2O2/c1-3-14-13(17)10(2)15-12(16)9-11-7-5-4-6-8-11/h4-8,10H,3,9H2,1-2H3,(H,14,17)(H,15,16). The zero-order valence-electron chi connectivity index (χ0n) is 10.2. The predicted octanol–water partition coefficient (Wildman–Crippen LogP) is 0.870. The quantitative estimate of drug-likeness (QED) is 0.794. The number of amides is 2. The number of benzene rings is 1. The van der Waals surface area contributed by atoms with Crippen LogP contribution in [0.25, 0.3) is 0 Å². The van der Waals surface area contributed by atoms with Crippen molar-refractivity contribution in [2.75, 3.05) is 6.54 Å². The normalized spacial score (nSPS) is 11.6. The Bertz CT molecular complexity index is 376. The molecule has 0 fully saturated rings. The van der Waals surface area contributed by atoms with Crippen LogP contribution in [0.4, 0.5) is 0 Å². The fraction of sp³-hybridized carbons (Fsp3) is 0.385. The van der Waals surface area contributed by atoms with E-state index < -0.39 is 6.04 Å². The maximum atomic E-state index is 11.6. The lowest BCUT2D eigenvalue weighted by atomic mass is 10.1. The van der Waals surface area contributed by atoms with E-state index in [1.54, 1.807) is 6.92 Å². The largest absolute Gasteiger partial charge is 0.355 e. The average Bonchev–Trinajstić information content (AvgIpc) is 2.30. The first-order valence-electron chi connectivity index (χ1n) is 5.74. The molecule has 17 heavy (non-hydrogen) atoms. The van der Waals surface area contributed by atoms with E-state index in [0.717, 1.165) is 5.56 Å². The molecule has 0 aromatic heterocycles. The number of rotatable bonds is 5. The molecule has 4 heteroatoms. The van der Waals surface area contributed by atoms with Gasteiger partial charge in [-0.25, -0.2) is 0 Å². The molecule has 0 aliphatic rings. The van der Waals surface area contributed by atoms with Crippen LogP contribution in [-0.2, 0) is 16.0 Å². The molecule has 1 aromatic carbocycles. The highest BCUT2D eigenvalue weighted by atomic mass is 16.2. The van der Waals surface area contributed by atoms with Gasteiger partial charge in [0.05, 0.1) is 6.42 Å². The molecule has 0 radical (unpaired) electrons. The van der Waals surface area contributed by atoms with Crippen molar-refractivity contribution in [1.82, 2.24) is 10.6 Å². The van der Waals surface area contributed by atoms with Crippen molar-refractivity contribution in [2.24, 2.45) is 0 Å². The summed E-state index contributed by atoms with van der Waals surface area (Å²) in [5.41, 5.74) is 0.938. The lowest BCUT2D eigenvalue weighted by molar-refractivity contribution is -0.128. The average molecular weight is 234 g/mol. The third-order valence-electron chi connectivity index (χ3n) is 2.33. The van der Waals surface area contributed by atoms with Gasteiger partial charge in [0, 0.05) is 6.54 Å². The minimum Gasteiger partial charge on any atom is -0.355 e. The number of likely N-dealkylation sites (N-methyl/N-ethyl adjacent to an activating group) is 1. The Balaban J connectivity index is 2.42. The van der Waals surface area contributed by atoms with Crippen LogP contribution in [0.2, 0.25) is 0 Å². The molecule has 2 N–H and O–H groups in total. The zero-order valence-corrected chi connectivity index (χ0v) is 10.2. The number of nitrogens with one attached hydrogen (secondary N) is 2. The van der Waals surface area contributed by atoms with Crippen molar-refractivity contribution in [3.8, 4) is 0 Å². The van der Waals surface area contributed by atoms with Crippen LogP contribution in [0.3, 0.4) is 0 Å². The molecule has 0 saturated carbocycles. The first kappa shape index (κ1) is 13.2. The Kier molecular flexibility index (Phi) is 5.20. The maximum absolute atomic E-state index is 11.6. The zero-order chi connectivity index (χ0) is 12.7. The van der Waals surface area contributed by atoms with E-state index >= 15 is 0 Å². The second kappa shape index (κ2) is 6.68. The molecular formula is C13H18N2O2. The second-order valence-electron chi connectivity index (χ2n) is 3.85. The van der Waals surface area contributed by atoms with Gasteiger partial charge in [-0.1, -0.05) is 30.3 Å². The van der Waals surface area contributed by atoms with Crippen molar-refractivity contribution in [1.29, 1.82) is 0 Å². The smallest absolute Gasteiger partial charge is 0.242 e. The van der Waals surface area contributed by atoms with Crippen molar-refractivity contribution >= 4 is 11.8 Å². The van der Waals surface area contributed by atoms with Gasteiger partial charge in [-0.2, -0.15) is 0 Å². The highest BCUT2D eigenvalue weighted by molar-refractivity contribution is 5.87. The summed E-state index contributed by atoms with van der Waals surface area (Å²) >= 11 is 0. The lowest BCUT2D eigenvalue weighted by Gasteiger charge is -2.13. The summed E-state index contributed by atoms with van der Waals surface area (Å²) in [5, 5.41) is 5.32. The van der Waals surface area contributed by atoms with Gasteiger partial charge in [0.2, 0.25) is 11.8 Å². The van der Waals surface area contributed by atoms with Gasteiger partial charge >= 0.3 is 0 Å². The molecule has 1 rings (SSSR count). The molecular weight excluding hydrogens is 216 g/mol. The number of carbonyl (C=O) groups is 2. The van der Waals surface area contributed by atoms with Gasteiger partial charge in [-0.15, -0.1) is 0 Å². The SMILES string of the molecule is CCNC(=O)C(C)NC(=O)Cc1ccccc1. The van der Waals surface area contributed by atoms with Gasteiger partial charge in [-0.3, -0.25) is 9.59 Å². The molecule has 0 heterocycles.